The Morgan fingerprint density at radius 2 is 1.81 bits per heavy atom. The van der Waals surface area contributed by atoms with Crippen LogP contribution in [0.15, 0.2) is 29.2 Å². The van der Waals surface area contributed by atoms with E-state index in [4.69, 9.17) is 9.47 Å². The van der Waals surface area contributed by atoms with Gasteiger partial charge in [0.05, 0.1) is 12.4 Å². The molecule has 0 aromatic heterocycles. The van der Waals surface area contributed by atoms with Crippen LogP contribution in [-0.2, 0) is 9.53 Å². The van der Waals surface area contributed by atoms with Gasteiger partial charge in [0.2, 0.25) is 5.91 Å². The SMILES string of the molecule is CCOc1ccc(SCC(=O)NC2CCN(C(=O)OC(C)(C)C)CC2)cc1. The van der Waals surface area contributed by atoms with Crippen LogP contribution in [-0.4, -0.2) is 54.0 Å². The number of nitrogens with one attached hydrogen (secondary N) is 1. The summed E-state index contributed by atoms with van der Waals surface area (Å²) in [6, 6.07) is 7.86. The van der Waals surface area contributed by atoms with E-state index in [1.807, 2.05) is 52.0 Å². The summed E-state index contributed by atoms with van der Waals surface area (Å²) in [5.74, 6) is 1.23. The molecule has 1 aliphatic rings. The first-order valence-electron chi connectivity index (χ1n) is 9.40. The Kier molecular flexibility index (Phi) is 7.83. The van der Waals surface area contributed by atoms with Gasteiger partial charge < -0.3 is 19.7 Å². The zero-order valence-corrected chi connectivity index (χ0v) is 17.4. The first kappa shape index (κ1) is 21.4. The second-order valence-electron chi connectivity index (χ2n) is 7.50. The number of hydrogen-bond acceptors (Lipinski definition) is 5. The van der Waals surface area contributed by atoms with Gasteiger partial charge >= 0.3 is 6.09 Å². The monoisotopic (exact) mass is 394 g/mol. The number of nitrogens with zero attached hydrogens (tertiary/aromatic N) is 1. The number of benzene rings is 1. The highest BCUT2D eigenvalue weighted by Crippen LogP contribution is 2.21. The summed E-state index contributed by atoms with van der Waals surface area (Å²) in [7, 11) is 0. The van der Waals surface area contributed by atoms with Crippen LogP contribution in [0.5, 0.6) is 5.75 Å². The number of likely N-dealkylation sites (tertiary alicyclic amines) is 1. The van der Waals surface area contributed by atoms with Crippen molar-refractivity contribution in [1.82, 2.24) is 10.2 Å². The molecular weight excluding hydrogens is 364 g/mol. The lowest BCUT2D eigenvalue weighted by molar-refractivity contribution is -0.119. The smallest absolute Gasteiger partial charge is 0.410 e. The molecule has 0 spiro atoms. The van der Waals surface area contributed by atoms with Crippen LogP contribution in [0.1, 0.15) is 40.5 Å². The number of amides is 2. The van der Waals surface area contributed by atoms with Gasteiger partial charge in [-0.15, -0.1) is 11.8 Å². The van der Waals surface area contributed by atoms with E-state index in [0.717, 1.165) is 23.5 Å². The van der Waals surface area contributed by atoms with Crippen molar-refractivity contribution < 1.29 is 19.1 Å². The lowest BCUT2D eigenvalue weighted by Crippen LogP contribution is -2.48. The Morgan fingerprint density at radius 3 is 2.37 bits per heavy atom. The Labute approximate surface area is 166 Å². The van der Waals surface area contributed by atoms with Gasteiger partial charge in [0, 0.05) is 24.0 Å². The van der Waals surface area contributed by atoms with Crippen molar-refractivity contribution in [2.45, 2.75) is 57.1 Å². The number of thioether (sulfide) groups is 1. The number of rotatable bonds is 6. The predicted molar refractivity (Wildman–Crippen MR) is 107 cm³/mol. The summed E-state index contributed by atoms with van der Waals surface area (Å²) in [6.07, 6.45) is 1.22. The molecule has 1 N–H and O–H groups in total. The molecule has 1 saturated heterocycles. The largest absolute Gasteiger partial charge is 0.494 e. The van der Waals surface area contributed by atoms with Gasteiger partial charge in [-0.2, -0.15) is 0 Å². The van der Waals surface area contributed by atoms with Crippen molar-refractivity contribution in [3.63, 3.8) is 0 Å². The third-order valence-electron chi connectivity index (χ3n) is 4.02. The predicted octanol–water partition coefficient (Wildman–Crippen LogP) is 3.69. The van der Waals surface area contributed by atoms with Gasteiger partial charge in [-0.05, 0) is 64.8 Å². The molecule has 7 heteroatoms. The molecule has 1 aliphatic heterocycles. The standard InChI is InChI=1S/C20H30N2O4S/c1-5-25-16-6-8-17(9-7-16)27-14-18(23)21-15-10-12-22(13-11-15)19(24)26-20(2,3)4/h6-9,15H,5,10-14H2,1-4H3,(H,21,23). The van der Waals surface area contributed by atoms with E-state index in [9.17, 15) is 9.59 Å². The second kappa shape index (κ2) is 9.88. The summed E-state index contributed by atoms with van der Waals surface area (Å²) in [5.41, 5.74) is -0.486. The second-order valence-corrected chi connectivity index (χ2v) is 8.55. The van der Waals surface area contributed by atoms with Gasteiger partial charge in [0.15, 0.2) is 0 Å². The molecule has 27 heavy (non-hydrogen) atoms. The van der Waals surface area contributed by atoms with Gasteiger partial charge in [-0.1, -0.05) is 0 Å². The molecule has 0 saturated carbocycles. The van der Waals surface area contributed by atoms with Crippen LogP contribution >= 0.6 is 11.8 Å². The Bertz CT molecular complexity index is 620. The first-order chi connectivity index (χ1) is 12.8. The fourth-order valence-corrected chi connectivity index (χ4v) is 3.46. The Hall–Kier alpha value is -1.89. The fraction of sp³-hybridized carbons (Fsp3) is 0.600. The Morgan fingerprint density at radius 1 is 1.19 bits per heavy atom. The molecule has 150 valence electrons. The maximum atomic E-state index is 12.2. The van der Waals surface area contributed by atoms with Crippen LogP contribution in [0.25, 0.3) is 0 Å². The molecule has 1 aromatic rings. The summed E-state index contributed by atoms with van der Waals surface area (Å²) in [5, 5.41) is 3.07. The average Bonchev–Trinajstić information content (AvgIpc) is 2.60. The third kappa shape index (κ3) is 7.71. The quantitative estimate of drug-likeness (QED) is 0.745. The van der Waals surface area contributed by atoms with Crippen molar-refractivity contribution in [3.05, 3.63) is 24.3 Å². The number of piperidine rings is 1. The minimum atomic E-state index is -0.486. The van der Waals surface area contributed by atoms with E-state index in [2.05, 4.69) is 5.32 Å². The van der Waals surface area contributed by atoms with E-state index in [1.165, 1.54) is 11.8 Å². The van der Waals surface area contributed by atoms with Crippen LogP contribution in [0.2, 0.25) is 0 Å². The highest BCUT2D eigenvalue weighted by Gasteiger charge is 2.27. The van der Waals surface area contributed by atoms with Crippen LogP contribution in [0.3, 0.4) is 0 Å². The van der Waals surface area contributed by atoms with Crippen molar-refractivity contribution >= 4 is 23.8 Å². The minimum absolute atomic E-state index is 0.0182. The summed E-state index contributed by atoms with van der Waals surface area (Å²) < 4.78 is 10.8. The van der Waals surface area contributed by atoms with Gasteiger partial charge in [0.1, 0.15) is 11.4 Å². The molecule has 1 aromatic carbocycles. The Balaban J connectivity index is 1.69. The topological polar surface area (TPSA) is 67.9 Å². The normalized spacial score (nSPS) is 15.3. The van der Waals surface area contributed by atoms with Crippen molar-refractivity contribution in [3.8, 4) is 5.75 Å². The van der Waals surface area contributed by atoms with Crippen molar-refractivity contribution in [2.24, 2.45) is 0 Å². The highest BCUT2D eigenvalue weighted by molar-refractivity contribution is 8.00. The first-order valence-corrected chi connectivity index (χ1v) is 10.4. The zero-order valence-electron chi connectivity index (χ0n) is 16.6. The molecule has 1 fully saturated rings. The highest BCUT2D eigenvalue weighted by atomic mass is 32.2. The molecular formula is C20H30N2O4S. The lowest BCUT2D eigenvalue weighted by atomic mass is 10.1. The summed E-state index contributed by atoms with van der Waals surface area (Å²) in [6.45, 7) is 9.38. The number of carbonyl (C=O) groups is 2. The minimum Gasteiger partial charge on any atom is -0.494 e. The third-order valence-corrected chi connectivity index (χ3v) is 5.03. The number of carbonyl (C=O) groups excluding carboxylic acids is 2. The van der Waals surface area contributed by atoms with Crippen molar-refractivity contribution in [1.29, 1.82) is 0 Å². The fourth-order valence-electron chi connectivity index (χ4n) is 2.75. The molecule has 0 bridgehead atoms. The maximum Gasteiger partial charge on any atom is 0.410 e. The zero-order chi connectivity index (χ0) is 19.9. The number of ether oxygens (including phenoxy) is 2. The molecule has 1 heterocycles. The van der Waals surface area contributed by atoms with E-state index in [-0.39, 0.29) is 18.0 Å². The molecule has 2 rings (SSSR count). The lowest BCUT2D eigenvalue weighted by Gasteiger charge is -2.33. The van der Waals surface area contributed by atoms with E-state index >= 15 is 0 Å². The molecule has 0 aliphatic carbocycles. The molecule has 0 unspecified atom stereocenters. The maximum absolute atomic E-state index is 12.2. The number of hydrogen-bond donors (Lipinski definition) is 1. The van der Waals surface area contributed by atoms with Crippen LogP contribution in [0.4, 0.5) is 4.79 Å². The van der Waals surface area contributed by atoms with Crippen LogP contribution in [0, 0.1) is 0 Å². The van der Waals surface area contributed by atoms with Crippen molar-refractivity contribution in [2.75, 3.05) is 25.4 Å². The van der Waals surface area contributed by atoms with Gasteiger partial charge in [0.25, 0.3) is 0 Å². The molecule has 2 amide bonds. The van der Waals surface area contributed by atoms with Crippen LogP contribution < -0.4 is 10.1 Å². The van der Waals surface area contributed by atoms with Gasteiger partial charge in [-0.3, -0.25) is 4.79 Å². The molecule has 6 nitrogen and oxygen atoms in total. The van der Waals surface area contributed by atoms with E-state index in [0.29, 0.717) is 25.4 Å². The van der Waals surface area contributed by atoms with E-state index < -0.39 is 5.60 Å². The molecule has 0 radical (unpaired) electrons. The summed E-state index contributed by atoms with van der Waals surface area (Å²) >= 11 is 1.50. The van der Waals surface area contributed by atoms with Gasteiger partial charge in [-0.25, -0.2) is 4.79 Å². The average molecular weight is 395 g/mol. The molecule has 0 atom stereocenters. The van der Waals surface area contributed by atoms with E-state index in [1.54, 1.807) is 4.90 Å². The summed E-state index contributed by atoms with van der Waals surface area (Å²) in [4.78, 5) is 27.0.